The molecule has 0 aliphatic carbocycles. The summed E-state index contributed by atoms with van der Waals surface area (Å²) in [7, 11) is 0. The Hall–Kier alpha value is -3.48. The van der Waals surface area contributed by atoms with E-state index in [-0.39, 0.29) is 30.4 Å². The van der Waals surface area contributed by atoms with Crippen molar-refractivity contribution in [2.75, 3.05) is 45.8 Å². The van der Waals surface area contributed by atoms with E-state index >= 15 is 0 Å². The standard InChI is InChI=1S/C29H32N4O2/c34-26(22-33-17-16-30-27(29(33)35)23-10-4-1-5-11-23)31-18-20-32(21-19-31)28(24-12-6-2-7-13-24)25-14-8-3-9-15-25/h1-15,27-28,30H,16-22H2. The average molecular weight is 469 g/mol. The van der Waals surface area contributed by atoms with Gasteiger partial charge in [0.25, 0.3) is 0 Å². The molecule has 1 N–H and O–H groups in total. The van der Waals surface area contributed by atoms with E-state index in [9.17, 15) is 9.59 Å². The molecule has 0 bridgehead atoms. The lowest BCUT2D eigenvalue weighted by atomic mass is 9.96. The summed E-state index contributed by atoms with van der Waals surface area (Å²) in [6.45, 7) is 4.30. The number of hydrogen-bond acceptors (Lipinski definition) is 4. The van der Waals surface area contributed by atoms with E-state index < -0.39 is 0 Å². The van der Waals surface area contributed by atoms with Gasteiger partial charge >= 0.3 is 0 Å². The Balaban J connectivity index is 1.22. The van der Waals surface area contributed by atoms with Gasteiger partial charge in [-0.25, -0.2) is 0 Å². The van der Waals surface area contributed by atoms with Crippen LogP contribution in [0.1, 0.15) is 28.8 Å². The van der Waals surface area contributed by atoms with Gasteiger partial charge < -0.3 is 15.1 Å². The van der Waals surface area contributed by atoms with E-state index in [4.69, 9.17) is 0 Å². The van der Waals surface area contributed by atoms with E-state index in [0.29, 0.717) is 26.2 Å². The van der Waals surface area contributed by atoms with Crippen LogP contribution in [0, 0.1) is 0 Å². The molecule has 2 saturated heterocycles. The summed E-state index contributed by atoms with van der Waals surface area (Å²) < 4.78 is 0. The minimum Gasteiger partial charge on any atom is -0.339 e. The summed E-state index contributed by atoms with van der Waals surface area (Å²) in [5.41, 5.74) is 3.46. The molecule has 0 radical (unpaired) electrons. The molecule has 1 unspecified atom stereocenters. The van der Waals surface area contributed by atoms with Crippen LogP contribution in [0.2, 0.25) is 0 Å². The molecular formula is C29H32N4O2. The Labute approximate surface area is 207 Å². The Morgan fingerprint density at radius 3 is 1.89 bits per heavy atom. The van der Waals surface area contributed by atoms with E-state index in [1.165, 1.54) is 11.1 Å². The molecule has 35 heavy (non-hydrogen) atoms. The lowest BCUT2D eigenvalue weighted by Crippen LogP contribution is -2.56. The highest BCUT2D eigenvalue weighted by molar-refractivity contribution is 5.89. The summed E-state index contributed by atoms with van der Waals surface area (Å²) in [5.74, 6) is 0.00494. The third kappa shape index (κ3) is 5.29. The molecule has 2 amide bonds. The van der Waals surface area contributed by atoms with Gasteiger partial charge in [-0.2, -0.15) is 0 Å². The van der Waals surface area contributed by atoms with Gasteiger partial charge in [-0.15, -0.1) is 0 Å². The second kappa shape index (κ2) is 10.8. The first-order chi connectivity index (χ1) is 17.2. The number of hydrogen-bond donors (Lipinski definition) is 1. The number of piperazine rings is 2. The molecule has 180 valence electrons. The van der Waals surface area contributed by atoms with Gasteiger partial charge in [-0.1, -0.05) is 91.0 Å². The van der Waals surface area contributed by atoms with Crippen molar-refractivity contribution < 1.29 is 9.59 Å². The normalized spacial score (nSPS) is 19.2. The fraction of sp³-hybridized carbons (Fsp3) is 0.310. The SMILES string of the molecule is O=C(CN1CCNC(c2ccccc2)C1=O)N1CCN(C(c2ccccc2)c2ccccc2)CC1. The molecule has 3 aromatic carbocycles. The highest BCUT2D eigenvalue weighted by Gasteiger charge is 2.33. The van der Waals surface area contributed by atoms with E-state index in [1.54, 1.807) is 4.90 Å². The van der Waals surface area contributed by atoms with Crippen molar-refractivity contribution in [3.05, 3.63) is 108 Å². The lowest BCUT2D eigenvalue weighted by Gasteiger charge is -2.41. The van der Waals surface area contributed by atoms with Crippen LogP contribution in [0.3, 0.4) is 0 Å². The van der Waals surface area contributed by atoms with Crippen molar-refractivity contribution in [3.8, 4) is 0 Å². The molecule has 1 atom stereocenters. The Bertz CT molecular complexity index is 1080. The minimum atomic E-state index is -0.382. The first-order valence-corrected chi connectivity index (χ1v) is 12.4. The van der Waals surface area contributed by atoms with Crippen LogP contribution in [0.25, 0.3) is 0 Å². The predicted octanol–water partition coefficient (Wildman–Crippen LogP) is 3.09. The van der Waals surface area contributed by atoms with E-state index in [1.807, 2.05) is 47.4 Å². The molecule has 6 nitrogen and oxygen atoms in total. The molecule has 2 heterocycles. The van der Waals surface area contributed by atoms with Gasteiger partial charge in [0.05, 0.1) is 12.6 Å². The van der Waals surface area contributed by atoms with E-state index in [0.717, 1.165) is 18.7 Å². The van der Waals surface area contributed by atoms with Crippen LogP contribution in [0.4, 0.5) is 0 Å². The average Bonchev–Trinajstić information content (AvgIpc) is 2.92. The maximum absolute atomic E-state index is 13.2. The van der Waals surface area contributed by atoms with Crippen LogP contribution in [0.15, 0.2) is 91.0 Å². The summed E-state index contributed by atoms with van der Waals surface area (Å²) in [5, 5.41) is 3.29. The van der Waals surface area contributed by atoms with Gasteiger partial charge in [0.2, 0.25) is 11.8 Å². The van der Waals surface area contributed by atoms with Crippen LogP contribution in [0.5, 0.6) is 0 Å². The first kappa shape index (κ1) is 23.3. The second-order valence-electron chi connectivity index (χ2n) is 9.20. The maximum atomic E-state index is 13.2. The quantitative estimate of drug-likeness (QED) is 0.604. The number of rotatable bonds is 6. The molecular weight excluding hydrogens is 436 g/mol. The molecule has 2 aliphatic rings. The summed E-state index contributed by atoms with van der Waals surface area (Å²) in [4.78, 5) is 32.3. The molecule has 3 aromatic rings. The number of benzene rings is 3. The van der Waals surface area contributed by atoms with Gasteiger partial charge in [0.15, 0.2) is 0 Å². The molecule has 0 saturated carbocycles. The van der Waals surface area contributed by atoms with Crippen molar-refractivity contribution in [2.45, 2.75) is 12.1 Å². The van der Waals surface area contributed by atoms with Crippen molar-refractivity contribution in [2.24, 2.45) is 0 Å². The van der Waals surface area contributed by atoms with Gasteiger partial charge in [0, 0.05) is 39.3 Å². The third-order valence-electron chi connectivity index (χ3n) is 7.01. The van der Waals surface area contributed by atoms with Crippen molar-refractivity contribution in [3.63, 3.8) is 0 Å². The Morgan fingerprint density at radius 1 is 0.771 bits per heavy atom. The zero-order valence-corrected chi connectivity index (χ0v) is 19.9. The zero-order chi connectivity index (χ0) is 24.0. The summed E-state index contributed by atoms with van der Waals surface area (Å²) in [6, 6.07) is 30.6. The van der Waals surface area contributed by atoms with Crippen LogP contribution < -0.4 is 5.32 Å². The Morgan fingerprint density at radius 2 is 1.31 bits per heavy atom. The zero-order valence-electron chi connectivity index (χ0n) is 19.9. The second-order valence-corrected chi connectivity index (χ2v) is 9.20. The Kier molecular flexibility index (Phi) is 7.21. The largest absolute Gasteiger partial charge is 0.339 e. The number of carbonyl (C=O) groups is 2. The van der Waals surface area contributed by atoms with Crippen LogP contribution in [-0.2, 0) is 9.59 Å². The molecule has 0 aromatic heterocycles. The van der Waals surface area contributed by atoms with Gasteiger partial charge in [-0.3, -0.25) is 14.5 Å². The molecule has 5 rings (SSSR count). The number of nitrogens with zero attached hydrogens (tertiary/aromatic N) is 3. The van der Waals surface area contributed by atoms with Gasteiger partial charge in [0.1, 0.15) is 6.04 Å². The maximum Gasteiger partial charge on any atom is 0.244 e. The third-order valence-corrected chi connectivity index (χ3v) is 7.01. The highest BCUT2D eigenvalue weighted by atomic mass is 16.2. The summed E-state index contributed by atoms with van der Waals surface area (Å²) in [6.07, 6.45) is 0. The monoisotopic (exact) mass is 468 g/mol. The van der Waals surface area contributed by atoms with Gasteiger partial charge in [-0.05, 0) is 16.7 Å². The highest BCUT2D eigenvalue weighted by Crippen LogP contribution is 2.29. The summed E-state index contributed by atoms with van der Waals surface area (Å²) >= 11 is 0. The fourth-order valence-corrected chi connectivity index (χ4v) is 5.16. The van der Waals surface area contributed by atoms with Crippen molar-refractivity contribution >= 4 is 11.8 Å². The minimum absolute atomic E-state index is 0.0253. The fourth-order valence-electron chi connectivity index (χ4n) is 5.16. The number of carbonyl (C=O) groups excluding carboxylic acids is 2. The lowest BCUT2D eigenvalue weighted by molar-refractivity contribution is -0.144. The van der Waals surface area contributed by atoms with Crippen LogP contribution >= 0.6 is 0 Å². The van der Waals surface area contributed by atoms with Crippen molar-refractivity contribution in [1.29, 1.82) is 0 Å². The topological polar surface area (TPSA) is 55.9 Å². The smallest absolute Gasteiger partial charge is 0.244 e. The number of amides is 2. The van der Waals surface area contributed by atoms with E-state index in [2.05, 4.69) is 58.7 Å². The van der Waals surface area contributed by atoms with Crippen LogP contribution in [-0.4, -0.2) is 72.3 Å². The molecule has 6 heteroatoms. The first-order valence-electron chi connectivity index (χ1n) is 12.4. The molecule has 0 spiro atoms. The van der Waals surface area contributed by atoms with Crippen molar-refractivity contribution in [1.82, 2.24) is 20.0 Å². The molecule has 2 fully saturated rings. The molecule has 2 aliphatic heterocycles. The predicted molar refractivity (Wildman–Crippen MR) is 137 cm³/mol. The number of nitrogens with one attached hydrogen (secondary N) is 1.